The summed E-state index contributed by atoms with van der Waals surface area (Å²) < 4.78 is 6.43. The topological polar surface area (TPSA) is 188 Å². The van der Waals surface area contributed by atoms with Crippen LogP contribution in [0.5, 0.6) is 5.75 Å². The molecule has 0 aliphatic heterocycles. The summed E-state index contributed by atoms with van der Waals surface area (Å²) in [6.45, 7) is 3.25. The first-order valence-electron chi connectivity index (χ1n) is 11.6. The molecule has 1 saturated carbocycles. The minimum atomic E-state index is -2.94. The first kappa shape index (κ1) is 27.1. The number of aliphatic hydroxyl groups is 3. The summed E-state index contributed by atoms with van der Waals surface area (Å²) in [6.07, 6.45) is -1.48. The zero-order valence-electron chi connectivity index (χ0n) is 20.5. The minimum Gasteiger partial charge on any atom is -0.508 e. The number of nitrogens with zero attached hydrogens (tertiary/aromatic N) is 1. The van der Waals surface area contributed by atoms with Gasteiger partial charge in [-0.2, -0.15) is 0 Å². The van der Waals surface area contributed by atoms with Crippen molar-refractivity contribution in [2.45, 2.75) is 43.9 Å². The molecule has 1 fully saturated rings. The Morgan fingerprint density at radius 2 is 1.81 bits per heavy atom. The molecule has 4 rings (SSSR count). The van der Waals surface area contributed by atoms with Crippen molar-refractivity contribution in [2.75, 3.05) is 14.1 Å². The second kappa shape index (κ2) is 9.10. The number of hydrogen-bond acceptors (Lipinski definition) is 10. The Morgan fingerprint density at radius 1 is 1.19 bits per heavy atom. The number of aliphatic hydroxyl groups excluding tert-OH is 2. The van der Waals surface area contributed by atoms with E-state index in [1.807, 2.05) is 22.6 Å². The molecule has 1 aromatic rings. The monoisotopic (exact) mass is 626 g/mol. The summed E-state index contributed by atoms with van der Waals surface area (Å²) in [7, 11) is 2.94. The van der Waals surface area contributed by atoms with E-state index in [-0.39, 0.29) is 17.7 Å². The van der Waals surface area contributed by atoms with Crippen molar-refractivity contribution in [1.29, 1.82) is 0 Å². The number of carbonyl (C=O) groups is 4. The van der Waals surface area contributed by atoms with Gasteiger partial charge in [0, 0.05) is 21.5 Å². The summed E-state index contributed by atoms with van der Waals surface area (Å²) in [5, 5.41) is 44.9. The van der Waals surface area contributed by atoms with Crippen molar-refractivity contribution in [3.63, 3.8) is 0 Å². The Bertz CT molecular complexity index is 1320. The molecule has 0 unspecified atom stereocenters. The van der Waals surface area contributed by atoms with Gasteiger partial charge in [0.05, 0.1) is 17.5 Å². The van der Waals surface area contributed by atoms with Gasteiger partial charge in [-0.05, 0) is 60.3 Å². The van der Waals surface area contributed by atoms with Crippen LogP contribution in [0, 0.1) is 15.4 Å². The number of ether oxygens (including phenoxy) is 1. The van der Waals surface area contributed by atoms with Crippen LogP contribution in [0.1, 0.15) is 37.3 Å². The number of primary amides is 1. The lowest BCUT2D eigenvalue weighted by atomic mass is 9.54. The van der Waals surface area contributed by atoms with Crippen LogP contribution >= 0.6 is 22.6 Å². The lowest BCUT2D eigenvalue weighted by Gasteiger charge is -2.54. The van der Waals surface area contributed by atoms with E-state index in [0.717, 1.165) is 0 Å². The minimum absolute atomic E-state index is 0.0312. The first-order chi connectivity index (χ1) is 17.2. The van der Waals surface area contributed by atoms with Crippen LogP contribution in [0.4, 0.5) is 0 Å². The number of amides is 1. The van der Waals surface area contributed by atoms with Crippen LogP contribution in [0.25, 0.3) is 5.76 Å². The zero-order chi connectivity index (χ0) is 27.7. The van der Waals surface area contributed by atoms with Crippen molar-refractivity contribution < 1.29 is 44.3 Å². The van der Waals surface area contributed by atoms with E-state index in [0.29, 0.717) is 9.13 Å². The SMILES string of the molecule is CCC(=O)O[C@@H]1[C@@H]2C(=C(O)c3c(O)ccc(I)c3[C@H]2C)C(=O)[C@@]2(O)C(O)=C(C(N)=O)C(=O)[C@H](N(C)C)[C@@H]12. The van der Waals surface area contributed by atoms with Crippen molar-refractivity contribution in [3.8, 4) is 5.75 Å². The Balaban J connectivity index is 2.14. The Kier molecular flexibility index (Phi) is 6.66. The number of nitrogens with two attached hydrogens (primary N) is 1. The largest absolute Gasteiger partial charge is 0.508 e. The highest BCUT2D eigenvalue weighted by Gasteiger charge is 2.69. The third-order valence-corrected chi connectivity index (χ3v) is 8.52. The van der Waals surface area contributed by atoms with E-state index >= 15 is 0 Å². The van der Waals surface area contributed by atoms with Crippen LogP contribution in [0.3, 0.4) is 0 Å². The number of rotatable bonds is 4. The molecular weight excluding hydrogens is 599 g/mol. The highest BCUT2D eigenvalue weighted by atomic mass is 127. The number of aromatic hydroxyl groups is 1. The Hall–Kier alpha value is -2.97. The van der Waals surface area contributed by atoms with Gasteiger partial charge in [0.1, 0.15) is 28.9 Å². The predicted molar refractivity (Wildman–Crippen MR) is 137 cm³/mol. The summed E-state index contributed by atoms with van der Waals surface area (Å²) in [4.78, 5) is 53.6. The number of esters is 1. The average molecular weight is 626 g/mol. The fourth-order valence-electron chi connectivity index (χ4n) is 5.99. The molecule has 0 bridgehead atoms. The van der Waals surface area contributed by atoms with E-state index in [1.54, 1.807) is 13.0 Å². The van der Waals surface area contributed by atoms with E-state index < -0.39 is 81.6 Å². The number of halogens is 1. The van der Waals surface area contributed by atoms with Crippen LogP contribution in [0.15, 0.2) is 29.0 Å². The highest BCUT2D eigenvalue weighted by molar-refractivity contribution is 14.1. The maximum Gasteiger partial charge on any atom is 0.305 e. The Labute approximate surface area is 225 Å². The predicted octanol–water partition coefficient (Wildman–Crippen LogP) is 1.06. The molecule has 0 saturated heterocycles. The molecule has 198 valence electrons. The van der Waals surface area contributed by atoms with Crippen molar-refractivity contribution in [1.82, 2.24) is 4.90 Å². The third kappa shape index (κ3) is 3.60. The molecule has 6 N–H and O–H groups in total. The fraction of sp³-hybridized carbons (Fsp3) is 0.440. The lowest BCUT2D eigenvalue weighted by Crippen LogP contribution is -2.71. The van der Waals surface area contributed by atoms with Crippen LogP contribution < -0.4 is 5.73 Å². The third-order valence-electron chi connectivity index (χ3n) is 7.58. The number of likely N-dealkylation sites (N-methyl/N-ethyl adjacent to an activating group) is 1. The molecule has 37 heavy (non-hydrogen) atoms. The molecule has 0 spiro atoms. The average Bonchev–Trinajstić information content (AvgIpc) is 2.81. The van der Waals surface area contributed by atoms with Gasteiger partial charge < -0.3 is 30.9 Å². The highest BCUT2D eigenvalue weighted by Crippen LogP contribution is 2.57. The molecule has 0 aromatic heterocycles. The summed E-state index contributed by atoms with van der Waals surface area (Å²) >= 11 is 2.02. The van der Waals surface area contributed by atoms with Crippen LogP contribution in [-0.2, 0) is 23.9 Å². The number of benzene rings is 1. The van der Waals surface area contributed by atoms with Crippen molar-refractivity contribution in [3.05, 3.63) is 43.7 Å². The maximum atomic E-state index is 14.1. The molecular formula is C25H27IN2O9. The summed E-state index contributed by atoms with van der Waals surface area (Å²) in [5.41, 5.74) is 1.52. The molecule has 3 aliphatic rings. The number of carbonyl (C=O) groups excluding carboxylic acids is 4. The molecule has 11 nitrogen and oxygen atoms in total. The molecule has 6 atom stereocenters. The van der Waals surface area contributed by atoms with Crippen LogP contribution in [0.2, 0.25) is 0 Å². The molecule has 12 heteroatoms. The van der Waals surface area contributed by atoms with E-state index in [2.05, 4.69) is 0 Å². The van der Waals surface area contributed by atoms with Gasteiger partial charge in [-0.25, -0.2) is 0 Å². The van der Waals surface area contributed by atoms with Gasteiger partial charge in [0.25, 0.3) is 5.91 Å². The second-order valence-electron chi connectivity index (χ2n) is 9.72. The van der Waals surface area contributed by atoms with E-state index in [1.165, 1.54) is 32.0 Å². The van der Waals surface area contributed by atoms with E-state index in [4.69, 9.17) is 10.5 Å². The summed E-state index contributed by atoms with van der Waals surface area (Å²) in [6, 6.07) is 1.56. The van der Waals surface area contributed by atoms with Gasteiger partial charge in [0.2, 0.25) is 5.78 Å². The quantitative estimate of drug-likeness (QED) is 0.184. The second-order valence-corrected chi connectivity index (χ2v) is 10.9. The van der Waals surface area contributed by atoms with Crippen molar-refractivity contribution in [2.24, 2.45) is 17.6 Å². The molecule has 3 aliphatic carbocycles. The lowest BCUT2D eigenvalue weighted by molar-refractivity contribution is -0.185. The van der Waals surface area contributed by atoms with Gasteiger partial charge >= 0.3 is 5.97 Å². The van der Waals surface area contributed by atoms with Gasteiger partial charge in [-0.1, -0.05) is 13.8 Å². The van der Waals surface area contributed by atoms with Gasteiger partial charge in [-0.3, -0.25) is 24.1 Å². The molecule has 1 aromatic carbocycles. The van der Waals surface area contributed by atoms with Gasteiger partial charge in [0.15, 0.2) is 11.4 Å². The smallest absolute Gasteiger partial charge is 0.305 e. The van der Waals surface area contributed by atoms with Crippen molar-refractivity contribution >= 4 is 51.8 Å². The number of fused-ring (bicyclic) bond motifs is 3. The number of phenolic OH excluding ortho intramolecular Hbond substituents is 1. The molecule has 0 heterocycles. The maximum absolute atomic E-state index is 14.1. The van der Waals surface area contributed by atoms with E-state index in [9.17, 15) is 39.6 Å². The standard InChI is InChI=1S/C25H27IN2O9/c1-5-11(30)37-21-13-8(2)12-9(26)6-7-10(29)14(12)19(31)15(13)22(33)25(36)17(21)18(28(3)4)20(32)16(23(25)34)24(27)35/h6-8,13,17-18,21,29,31,34,36H,5H2,1-4H3,(H2,27,35)/t8-,13+,17+,18-,21-,25-/m1/s1. The van der Waals surface area contributed by atoms with Gasteiger partial charge in [-0.15, -0.1) is 0 Å². The Morgan fingerprint density at radius 3 is 2.35 bits per heavy atom. The molecule has 1 amide bonds. The first-order valence-corrected chi connectivity index (χ1v) is 12.6. The van der Waals surface area contributed by atoms with Crippen LogP contribution in [-0.4, -0.2) is 80.6 Å². The molecule has 0 radical (unpaired) electrons. The number of phenols is 1. The number of hydrogen-bond donors (Lipinski definition) is 5. The number of Topliss-reactive ketones (excluding diaryl/α,β-unsaturated/α-hetero) is 2. The summed E-state index contributed by atoms with van der Waals surface area (Å²) in [5.74, 6) is -9.70. The fourth-order valence-corrected chi connectivity index (χ4v) is 6.93. The normalized spacial score (nSPS) is 31.2. The number of ketones is 2. The zero-order valence-corrected chi connectivity index (χ0v) is 22.6.